The van der Waals surface area contributed by atoms with Gasteiger partial charge in [-0.15, -0.1) is 0 Å². The lowest BCUT2D eigenvalue weighted by Crippen LogP contribution is -2.31. The van der Waals surface area contributed by atoms with E-state index in [1.165, 1.54) is 6.42 Å². The number of ether oxygens (including phenoxy) is 1. The van der Waals surface area contributed by atoms with Gasteiger partial charge in [-0.3, -0.25) is 4.79 Å². The summed E-state index contributed by atoms with van der Waals surface area (Å²) >= 11 is 0. The number of carbonyl (C=O) groups is 1. The van der Waals surface area contributed by atoms with Crippen molar-refractivity contribution < 1.29 is 9.53 Å². The first kappa shape index (κ1) is 13.9. The van der Waals surface area contributed by atoms with E-state index in [-0.39, 0.29) is 5.91 Å². The Morgan fingerprint density at radius 3 is 3.16 bits per heavy atom. The van der Waals surface area contributed by atoms with Gasteiger partial charge in [0.2, 0.25) is 5.91 Å². The maximum Gasteiger partial charge on any atom is 0.221 e. The molecule has 4 heteroatoms. The number of nitrogens with one attached hydrogen (secondary N) is 2. The third-order valence-corrected chi connectivity index (χ3v) is 3.29. The molecule has 19 heavy (non-hydrogen) atoms. The summed E-state index contributed by atoms with van der Waals surface area (Å²) < 4.78 is 5.44. The number of hydrogen-bond acceptors (Lipinski definition) is 3. The molecule has 0 aromatic heterocycles. The minimum Gasteiger partial charge on any atom is -0.494 e. The van der Waals surface area contributed by atoms with E-state index in [1.807, 2.05) is 31.2 Å². The zero-order valence-corrected chi connectivity index (χ0v) is 11.4. The first-order valence-electron chi connectivity index (χ1n) is 6.99. The van der Waals surface area contributed by atoms with E-state index in [4.69, 9.17) is 4.74 Å². The summed E-state index contributed by atoms with van der Waals surface area (Å²) in [6.07, 6.45) is 2.85. The predicted octanol–water partition coefficient (Wildman–Crippen LogP) is 1.84. The van der Waals surface area contributed by atoms with Crippen molar-refractivity contribution in [1.82, 2.24) is 10.6 Å². The van der Waals surface area contributed by atoms with Crippen molar-refractivity contribution in [2.24, 2.45) is 0 Å². The van der Waals surface area contributed by atoms with Gasteiger partial charge in [0.25, 0.3) is 0 Å². The zero-order chi connectivity index (χ0) is 13.5. The van der Waals surface area contributed by atoms with Crippen LogP contribution in [0.25, 0.3) is 0 Å². The Bertz CT molecular complexity index is 414. The molecule has 0 aliphatic carbocycles. The highest BCUT2D eigenvalue weighted by Crippen LogP contribution is 2.13. The van der Waals surface area contributed by atoms with Crippen LogP contribution in [0.1, 0.15) is 31.7 Å². The van der Waals surface area contributed by atoms with Crippen LogP contribution in [-0.4, -0.2) is 25.1 Å². The van der Waals surface area contributed by atoms with Crippen LogP contribution < -0.4 is 15.4 Å². The van der Waals surface area contributed by atoms with Gasteiger partial charge in [0, 0.05) is 19.0 Å². The normalized spacial score (nSPS) is 18.3. The molecule has 1 aliphatic rings. The van der Waals surface area contributed by atoms with Crippen LogP contribution in [0.3, 0.4) is 0 Å². The van der Waals surface area contributed by atoms with Crippen LogP contribution in [0.4, 0.5) is 0 Å². The average molecular weight is 262 g/mol. The topological polar surface area (TPSA) is 50.4 Å². The Morgan fingerprint density at radius 2 is 2.42 bits per heavy atom. The molecule has 1 amide bonds. The van der Waals surface area contributed by atoms with E-state index < -0.39 is 0 Å². The highest BCUT2D eigenvalue weighted by Gasteiger charge is 2.17. The second kappa shape index (κ2) is 7.14. The lowest BCUT2D eigenvalue weighted by molar-refractivity contribution is -0.121. The zero-order valence-electron chi connectivity index (χ0n) is 11.4. The first-order valence-corrected chi connectivity index (χ1v) is 6.99. The molecule has 1 aromatic rings. The Kier molecular flexibility index (Phi) is 5.21. The minimum atomic E-state index is 0.112. The summed E-state index contributed by atoms with van der Waals surface area (Å²) in [5.41, 5.74) is 1.07. The summed E-state index contributed by atoms with van der Waals surface area (Å²) in [5, 5.41) is 6.29. The SMILES string of the molecule is CCOc1cccc(CNC(=O)CC2CCCN2)c1. The summed E-state index contributed by atoms with van der Waals surface area (Å²) in [4.78, 5) is 11.8. The van der Waals surface area contributed by atoms with Gasteiger partial charge < -0.3 is 15.4 Å². The van der Waals surface area contributed by atoms with Crippen LogP contribution in [0.2, 0.25) is 0 Å². The van der Waals surface area contributed by atoms with Crippen molar-refractivity contribution in [1.29, 1.82) is 0 Å². The summed E-state index contributed by atoms with van der Waals surface area (Å²) in [5.74, 6) is 0.966. The monoisotopic (exact) mass is 262 g/mol. The highest BCUT2D eigenvalue weighted by molar-refractivity contribution is 5.76. The molecule has 0 bridgehead atoms. The molecule has 1 aromatic carbocycles. The van der Waals surface area contributed by atoms with Crippen LogP contribution in [0.15, 0.2) is 24.3 Å². The quantitative estimate of drug-likeness (QED) is 0.822. The van der Waals surface area contributed by atoms with Crippen LogP contribution in [0.5, 0.6) is 5.75 Å². The number of carbonyl (C=O) groups excluding carboxylic acids is 1. The molecule has 2 N–H and O–H groups in total. The molecule has 1 aliphatic heterocycles. The Labute approximate surface area is 114 Å². The fourth-order valence-electron chi connectivity index (χ4n) is 2.34. The molecule has 4 nitrogen and oxygen atoms in total. The van der Waals surface area contributed by atoms with Crippen LogP contribution in [0, 0.1) is 0 Å². The van der Waals surface area contributed by atoms with Gasteiger partial charge in [-0.2, -0.15) is 0 Å². The third-order valence-electron chi connectivity index (χ3n) is 3.29. The van der Waals surface area contributed by atoms with Gasteiger partial charge >= 0.3 is 0 Å². The Morgan fingerprint density at radius 1 is 1.53 bits per heavy atom. The molecule has 0 saturated carbocycles. The molecule has 1 unspecified atom stereocenters. The Balaban J connectivity index is 1.77. The minimum absolute atomic E-state index is 0.112. The van der Waals surface area contributed by atoms with Crippen molar-refractivity contribution in [3.05, 3.63) is 29.8 Å². The van der Waals surface area contributed by atoms with Crippen molar-refractivity contribution in [2.75, 3.05) is 13.2 Å². The molecule has 0 radical (unpaired) electrons. The molecule has 1 fully saturated rings. The smallest absolute Gasteiger partial charge is 0.221 e. The molecule has 1 atom stereocenters. The van der Waals surface area contributed by atoms with Crippen LogP contribution in [-0.2, 0) is 11.3 Å². The van der Waals surface area contributed by atoms with E-state index in [9.17, 15) is 4.79 Å². The molecule has 1 saturated heterocycles. The third kappa shape index (κ3) is 4.56. The molecular formula is C15H22N2O2. The van der Waals surface area contributed by atoms with Crippen molar-refractivity contribution in [2.45, 2.75) is 38.8 Å². The molecule has 104 valence electrons. The van der Waals surface area contributed by atoms with Gasteiger partial charge in [-0.25, -0.2) is 0 Å². The predicted molar refractivity (Wildman–Crippen MR) is 75.1 cm³/mol. The maximum atomic E-state index is 11.8. The fourth-order valence-corrected chi connectivity index (χ4v) is 2.34. The van der Waals surface area contributed by atoms with Gasteiger partial charge in [-0.1, -0.05) is 12.1 Å². The second-order valence-electron chi connectivity index (χ2n) is 4.85. The number of hydrogen-bond donors (Lipinski definition) is 2. The number of amides is 1. The van der Waals surface area contributed by atoms with E-state index in [1.54, 1.807) is 0 Å². The summed E-state index contributed by atoms with van der Waals surface area (Å²) in [7, 11) is 0. The number of rotatable bonds is 6. The highest BCUT2D eigenvalue weighted by atomic mass is 16.5. The van der Waals surface area contributed by atoms with Gasteiger partial charge in [0.1, 0.15) is 5.75 Å². The van der Waals surface area contributed by atoms with E-state index >= 15 is 0 Å². The van der Waals surface area contributed by atoms with E-state index in [0.717, 1.165) is 24.3 Å². The standard InChI is InChI=1S/C15H22N2O2/c1-2-19-14-7-3-5-12(9-14)11-17-15(18)10-13-6-4-8-16-13/h3,5,7,9,13,16H,2,4,6,8,10-11H2,1H3,(H,17,18). The van der Waals surface area contributed by atoms with Crippen LogP contribution >= 0.6 is 0 Å². The van der Waals surface area contributed by atoms with Crippen molar-refractivity contribution in [3.8, 4) is 5.75 Å². The Hall–Kier alpha value is -1.55. The van der Waals surface area contributed by atoms with Crippen molar-refractivity contribution in [3.63, 3.8) is 0 Å². The molecule has 1 heterocycles. The van der Waals surface area contributed by atoms with Gasteiger partial charge in [-0.05, 0) is 44.0 Å². The lowest BCUT2D eigenvalue weighted by atomic mass is 10.1. The van der Waals surface area contributed by atoms with E-state index in [2.05, 4.69) is 10.6 Å². The summed E-state index contributed by atoms with van der Waals surface area (Å²) in [6.45, 7) is 4.22. The fraction of sp³-hybridized carbons (Fsp3) is 0.533. The lowest BCUT2D eigenvalue weighted by Gasteiger charge is -2.11. The molecular weight excluding hydrogens is 240 g/mol. The second-order valence-corrected chi connectivity index (χ2v) is 4.85. The maximum absolute atomic E-state index is 11.8. The van der Waals surface area contributed by atoms with Gasteiger partial charge in [0.15, 0.2) is 0 Å². The number of benzene rings is 1. The average Bonchev–Trinajstić information content (AvgIpc) is 2.90. The summed E-state index contributed by atoms with van der Waals surface area (Å²) in [6, 6.07) is 8.20. The molecule has 0 spiro atoms. The van der Waals surface area contributed by atoms with E-state index in [0.29, 0.717) is 25.6 Å². The van der Waals surface area contributed by atoms with Gasteiger partial charge in [0.05, 0.1) is 6.61 Å². The van der Waals surface area contributed by atoms with Crippen molar-refractivity contribution >= 4 is 5.91 Å². The first-order chi connectivity index (χ1) is 9.28. The largest absolute Gasteiger partial charge is 0.494 e. The molecule has 2 rings (SSSR count).